The molecule has 0 saturated carbocycles. The van der Waals surface area contributed by atoms with Crippen molar-refractivity contribution in [1.82, 2.24) is 5.32 Å². The first kappa shape index (κ1) is 14.2. The fourth-order valence-corrected chi connectivity index (χ4v) is 1.51. The van der Waals surface area contributed by atoms with Crippen LogP contribution in [0.25, 0.3) is 0 Å². The zero-order valence-electron chi connectivity index (χ0n) is 10.5. The van der Waals surface area contributed by atoms with Crippen molar-refractivity contribution >= 4 is 11.9 Å². The van der Waals surface area contributed by atoms with Crippen molar-refractivity contribution in [3.63, 3.8) is 0 Å². The lowest BCUT2D eigenvalue weighted by molar-refractivity contribution is 0.0697. The molecule has 18 heavy (non-hydrogen) atoms. The fourth-order valence-electron chi connectivity index (χ4n) is 1.51. The molecule has 2 N–H and O–H groups in total. The van der Waals surface area contributed by atoms with Gasteiger partial charge in [0.1, 0.15) is 0 Å². The van der Waals surface area contributed by atoms with Gasteiger partial charge in [0.05, 0.1) is 12.2 Å². The molecular weight excluding hydrogens is 234 g/mol. The van der Waals surface area contributed by atoms with E-state index >= 15 is 0 Å². The van der Waals surface area contributed by atoms with Crippen LogP contribution in [0, 0.1) is 5.92 Å². The Morgan fingerprint density at radius 2 is 2.06 bits per heavy atom. The standard InChI is InChI=1S/C13H17NO4/c1-9(8-18-2)7-14-12(15)10-4-3-5-11(6-10)13(16)17/h3-6,9H,7-8H2,1-2H3,(H,14,15)(H,16,17). The molecule has 1 rings (SSSR count). The van der Waals surface area contributed by atoms with Gasteiger partial charge in [0, 0.05) is 19.2 Å². The van der Waals surface area contributed by atoms with Crippen LogP contribution in [0.3, 0.4) is 0 Å². The summed E-state index contributed by atoms with van der Waals surface area (Å²) >= 11 is 0. The van der Waals surface area contributed by atoms with E-state index in [2.05, 4.69) is 5.32 Å². The highest BCUT2D eigenvalue weighted by Gasteiger charge is 2.10. The quantitative estimate of drug-likeness (QED) is 0.801. The number of amides is 1. The average Bonchev–Trinajstić information content (AvgIpc) is 2.36. The molecule has 1 amide bonds. The molecule has 1 unspecified atom stereocenters. The summed E-state index contributed by atoms with van der Waals surface area (Å²) in [5.41, 5.74) is 0.451. The number of ether oxygens (including phenoxy) is 1. The number of hydrogen-bond acceptors (Lipinski definition) is 3. The van der Waals surface area contributed by atoms with Crippen LogP contribution in [0.1, 0.15) is 27.6 Å². The van der Waals surface area contributed by atoms with E-state index < -0.39 is 5.97 Å². The van der Waals surface area contributed by atoms with Gasteiger partial charge in [0.25, 0.3) is 5.91 Å². The summed E-state index contributed by atoms with van der Waals surface area (Å²) in [7, 11) is 1.61. The maximum Gasteiger partial charge on any atom is 0.335 e. The summed E-state index contributed by atoms with van der Waals surface area (Å²) in [6, 6.07) is 5.95. The molecule has 98 valence electrons. The minimum atomic E-state index is -1.04. The third kappa shape index (κ3) is 4.18. The number of carbonyl (C=O) groups is 2. The van der Waals surface area contributed by atoms with Gasteiger partial charge in [-0.25, -0.2) is 4.79 Å². The van der Waals surface area contributed by atoms with Crippen LogP contribution in [0.5, 0.6) is 0 Å². The summed E-state index contributed by atoms with van der Waals surface area (Å²) in [4.78, 5) is 22.6. The molecule has 0 heterocycles. The summed E-state index contributed by atoms with van der Waals surface area (Å²) in [6.07, 6.45) is 0. The molecule has 0 aliphatic carbocycles. The van der Waals surface area contributed by atoms with Gasteiger partial charge in [-0.3, -0.25) is 4.79 Å². The van der Waals surface area contributed by atoms with E-state index in [4.69, 9.17) is 9.84 Å². The van der Waals surface area contributed by atoms with Crippen LogP contribution in [0.4, 0.5) is 0 Å². The summed E-state index contributed by atoms with van der Waals surface area (Å²) in [6.45, 7) is 3.01. The van der Waals surface area contributed by atoms with E-state index in [1.165, 1.54) is 12.1 Å². The van der Waals surface area contributed by atoms with Gasteiger partial charge in [-0.2, -0.15) is 0 Å². The third-order valence-corrected chi connectivity index (χ3v) is 2.43. The van der Waals surface area contributed by atoms with E-state index in [0.717, 1.165) is 0 Å². The number of methoxy groups -OCH3 is 1. The Labute approximate surface area is 106 Å². The molecule has 0 radical (unpaired) electrons. The van der Waals surface area contributed by atoms with Crippen molar-refractivity contribution in [1.29, 1.82) is 0 Å². The Kier molecular flexibility index (Phi) is 5.32. The van der Waals surface area contributed by atoms with Crippen molar-refractivity contribution in [2.45, 2.75) is 6.92 Å². The van der Waals surface area contributed by atoms with Crippen molar-refractivity contribution in [3.8, 4) is 0 Å². The van der Waals surface area contributed by atoms with Crippen molar-refractivity contribution in [3.05, 3.63) is 35.4 Å². The highest BCUT2D eigenvalue weighted by molar-refractivity contribution is 5.97. The molecule has 1 atom stereocenters. The minimum Gasteiger partial charge on any atom is -0.478 e. The SMILES string of the molecule is COCC(C)CNC(=O)c1cccc(C(=O)O)c1. The van der Waals surface area contributed by atoms with E-state index in [-0.39, 0.29) is 17.4 Å². The minimum absolute atomic E-state index is 0.104. The van der Waals surface area contributed by atoms with Crippen LogP contribution in [-0.4, -0.2) is 37.2 Å². The maximum absolute atomic E-state index is 11.8. The average molecular weight is 251 g/mol. The number of benzene rings is 1. The molecule has 0 aliphatic rings. The van der Waals surface area contributed by atoms with Crippen LogP contribution in [0.15, 0.2) is 24.3 Å². The van der Waals surface area contributed by atoms with Gasteiger partial charge in [0.15, 0.2) is 0 Å². The molecule has 0 bridgehead atoms. The van der Waals surface area contributed by atoms with Crippen LogP contribution < -0.4 is 5.32 Å². The molecule has 0 aliphatic heterocycles. The van der Waals surface area contributed by atoms with Crippen LogP contribution >= 0.6 is 0 Å². The number of carbonyl (C=O) groups excluding carboxylic acids is 1. The summed E-state index contributed by atoms with van der Waals surface area (Å²) in [5.74, 6) is -1.11. The van der Waals surface area contributed by atoms with Gasteiger partial charge < -0.3 is 15.2 Å². The van der Waals surface area contributed by atoms with Crippen LogP contribution in [-0.2, 0) is 4.74 Å². The molecule has 0 saturated heterocycles. The van der Waals surface area contributed by atoms with E-state index in [1.807, 2.05) is 6.92 Å². The first-order valence-corrected chi connectivity index (χ1v) is 5.65. The number of nitrogens with one attached hydrogen (secondary N) is 1. The predicted octanol–water partition coefficient (Wildman–Crippen LogP) is 1.40. The smallest absolute Gasteiger partial charge is 0.335 e. The van der Waals surface area contributed by atoms with Gasteiger partial charge in [0.2, 0.25) is 0 Å². The number of carboxylic acid groups (broad SMARTS) is 1. The molecule has 5 nitrogen and oxygen atoms in total. The summed E-state index contributed by atoms with van der Waals surface area (Å²) in [5, 5.41) is 11.6. The monoisotopic (exact) mass is 251 g/mol. The molecular formula is C13H17NO4. The van der Waals surface area contributed by atoms with E-state index in [1.54, 1.807) is 19.2 Å². The third-order valence-electron chi connectivity index (χ3n) is 2.43. The normalized spacial score (nSPS) is 11.9. The highest BCUT2D eigenvalue weighted by atomic mass is 16.5. The lowest BCUT2D eigenvalue weighted by atomic mass is 10.1. The van der Waals surface area contributed by atoms with Gasteiger partial charge in [-0.05, 0) is 24.1 Å². The lowest BCUT2D eigenvalue weighted by Gasteiger charge is -2.11. The second-order valence-corrected chi connectivity index (χ2v) is 4.16. The second kappa shape index (κ2) is 6.76. The largest absolute Gasteiger partial charge is 0.478 e. The number of aromatic carboxylic acids is 1. The first-order chi connectivity index (χ1) is 8.54. The Balaban J connectivity index is 2.61. The Bertz CT molecular complexity index is 431. The lowest BCUT2D eigenvalue weighted by Crippen LogP contribution is -2.30. The first-order valence-electron chi connectivity index (χ1n) is 5.65. The zero-order valence-corrected chi connectivity index (χ0v) is 10.5. The molecule has 1 aromatic rings. The van der Waals surface area contributed by atoms with Gasteiger partial charge >= 0.3 is 5.97 Å². The van der Waals surface area contributed by atoms with Gasteiger partial charge in [-0.1, -0.05) is 13.0 Å². The maximum atomic E-state index is 11.8. The van der Waals surface area contributed by atoms with Crippen LogP contribution in [0.2, 0.25) is 0 Å². The van der Waals surface area contributed by atoms with Crippen molar-refractivity contribution < 1.29 is 19.4 Å². The highest BCUT2D eigenvalue weighted by Crippen LogP contribution is 2.05. The molecule has 5 heteroatoms. The summed E-state index contributed by atoms with van der Waals surface area (Å²) < 4.78 is 4.96. The van der Waals surface area contributed by atoms with E-state index in [9.17, 15) is 9.59 Å². The number of carboxylic acids is 1. The Morgan fingerprint density at radius 3 is 2.67 bits per heavy atom. The van der Waals surface area contributed by atoms with E-state index in [0.29, 0.717) is 18.7 Å². The topological polar surface area (TPSA) is 75.6 Å². The second-order valence-electron chi connectivity index (χ2n) is 4.16. The van der Waals surface area contributed by atoms with Crippen molar-refractivity contribution in [2.24, 2.45) is 5.92 Å². The number of hydrogen-bond donors (Lipinski definition) is 2. The molecule has 0 spiro atoms. The zero-order chi connectivity index (χ0) is 13.5. The predicted molar refractivity (Wildman–Crippen MR) is 66.8 cm³/mol. The Morgan fingerprint density at radius 1 is 1.39 bits per heavy atom. The molecule has 0 aromatic heterocycles. The molecule has 0 fully saturated rings. The Hall–Kier alpha value is -1.88. The fraction of sp³-hybridized carbons (Fsp3) is 0.385. The number of rotatable bonds is 6. The van der Waals surface area contributed by atoms with Crippen molar-refractivity contribution in [2.75, 3.05) is 20.3 Å². The molecule has 1 aromatic carbocycles. The van der Waals surface area contributed by atoms with Gasteiger partial charge in [-0.15, -0.1) is 0 Å².